The summed E-state index contributed by atoms with van der Waals surface area (Å²) in [4.78, 5) is 42.7. The number of nitrogens with one attached hydrogen (secondary N) is 2. The molecule has 0 atom stereocenters. The Hall–Kier alpha value is -3.72. The van der Waals surface area contributed by atoms with Crippen LogP contribution in [0.15, 0.2) is 74.8 Å². The molecule has 11 nitrogen and oxygen atoms in total. The minimum absolute atomic E-state index is 0.0335. The number of fused-ring (bicyclic) bond motifs is 1. The number of nitrogens with zero attached hydrogens (tertiary/aromatic N) is 2. The van der Waals surface area contributed by atoms with Crippen molar-refractivity contribution in [2.45, 2.75) is 35.9 Å². The van der Waals surface area contributed by atoms with E-state index in [2.05, 4.69) is 15.6 Å². The molecule has 41 heavy (non-hydrogen) atoms. The molecule has 0 fully saturated rings. The summed E-state index contributed by atoms with van der Waals surface area (Å²) >= 11 is 2.46. The minimum atomic E-state index is -3.75. The average Bonchev–Trinajstić information content (AvgIpc) is 3.42. The minimum Gasteiger partial charge on any atom is -0.497 e. The highest BCUT2D eigenvalue weighted by Crippen LogP contribution is 2.22. The van der Waals surface area contributed by atoms with Crippen LogP contribution in [0.5, 0.6) is 5.75 Å². The molecule has 2 aromatic carbocycles. The number of ether oxygens (including phenoxy) is 1. The van der Waals surface area contributed by atoms with Gasteiger partial charge >= 0.3 is 0 Å². The maximum atomic E-state index is 13.2. The number of hydrogen-bond donors (Lipinski definition) is 3. The van der Waals surface area contributed by atoms with Crippen molar-refractivity contribution in [3.63, 3.8) is 0 Å². The number of thioether (sulfide) groups is 1. The number of methoxy groups -OCH3 is 1. The number of hydrogen-bond acceptors (Lipinski definition) is 9. The summed E-state index contributed by atoms with van der Waals surface area (Å²) in [6.45, 7) is 0.644. The predicted octanol–water partition coefficient (Wildman–Crippen LogP) is 2.98. The van der Waals surface area contributed by atoms with Gasteiger partial charge < -0.3 is 15.4 Å². The molecular weight excluding hydrogens is 587 g/mol. The SMILES string of the molecule is COc1ccc(NC(=O)CSc2nc3ccsc3c(=O)n2CCCC(=O)NCCc2ccc(S(N)(=O)=O)cc2)cc1. The number of primary sulfonamides is 1. The number of benzene rings is 2. The van der Waals surface area contributed by atoms with Gasteiger partial charge in [0.15, 0.2) is 5.16 Å². The zero-order chi connectivity index (χ0) is 29.4. The van der Waals surface area contributed by atoms with Gasteiger partial charge in [-0.05, 0) is 66.2 Å². The third kappa shape index (κ3) is 8.39. The molecule has 0 aliphatic carbocycles. The molecule has 4 N–H and O–H groups in total. The van der Waals surface area contributed by atoms with Crippen molar-refractivity contribution in [3.8, 4) is 5.75 Å². The van der Waals surface area contributed by atoms with E-state index in [1.54, 1.807) is 55.0 Å². The Labute approximate surface area is 245 Å². The Kier molecular flexibility index (Phi) is 10.2. The van der Waals surface area contributed by atoms with Crippen molar-refractivity contribution in [2.24, 2.45) is 5.14 Å². The lowest BCUT2D eigenvalue weighted by atomic mass is 10.1. The van der Waals surface area contributed by atoms with Crippen molar-refractivity contribution in [1.29, 1.82) is 0 Å². The Bertz CT molecular complexity index is 1680. The number of rotatable bonds is 13. The fourth-order valence-corrected chi connectivity index (χ4v) is 6.03. The molecule has 4 rings (SSSR count). The van der Waals surface area contributed by atoms with Crippen LogP contribution < -0.4 is 26.1 Å². The van der Waals surface area contributed by atoms with Gasteiger partial charge in [-0.1, -0.05) is 23.9 Å². The van der Waals surface area contributed by atoms with Gasteiger partial charge in [-0.3, -0.25) is 19.0 Å². The zero-order valence-corrected chi connectivity index (χ0v) is 24.6. The van der Waals surface area contributed by atoms with Crippen molar-refractivity contribution < 1.29 is 22.7 Å². The van der Waals surface area contributed by atoms with Gasteiger partial charge in [0.1, 0.15) is 10.4 Å². The normalized spacial score (nSPS) is 11.4. The summed E-state index contributed by atoms with van der Waals surface area (Å²) in [5, 5.41) is 13.0. The summed E-state index contributed by atoms with van der Waals surface area (Å²) in [6, 6.07) is 14.9. The topological polar surface area (TPSA) is 162 Å². The molecular formula is C27H29N5O6S3. The summed E-state index contributed by atoms with van der Waals surface area (Å²) in [6.07, 6.45) is 1.12. The Balaban J connectivity index is 1.30. The largest absolute Gasteiger partial charge is 0.497 e. The third-order valence-electron chi connectivity index (χ3n) is 6.01. The first-order valence-corrected chi connectivity index (χ1v) is 16.0. The maximum Gasteiger partial charge on any atom is 0.272 e. The van der Waals surface area contributed by atoms with E-state index in [1.165, 1.54) is 28.0 Å². The number of carbonyl (C=O) groups is 2. The van der Waals surface area contributed by atoms with Gasteiger partial charge in [0.25, 0.3) is 5.56 Å². The predicted molar refractivity (Wildman–Crippen MR) is 160 cm³/mol. The lowest BCUT2D eigenvalue weighted by Crippen LogP contribution is -2.27. The molecule has 0 bridgehead atoms. The van der Waals surface area contributed by atoms with Crippen LogP contribution in [-0.4, -0.2) is 49.2 Å². The Morgan fingerprint density at radius 1 is 1.07 bits per heavy atom. The number of thiophene rings is 1. The van der Waals surface area contributed by atoms with Crippen molar-refractivity contribution in [3.05, 3.63) is 75.9 Å². The molecule has 14 heteroatoms. The van der Waals surface area contributed by atoms with Crippen molar-refractivity contribution >= 4 is 60.8 Å². The van der Waals surface area contributed by atoms with Crippen LogP contribution in [0.1, 0.15) is 18.4 Å². The standard InChI is InChI=1S/C27H29N5O6S3/c1-38-20-8-6-19(7-9-20)30-24(34)17-40-27-31-22-13-16-39-25(22)26(35)32(27)15-2-3-23(33)29-14-12-18-4-10-21(11-5-18)41(28,36)37/h4-11,13,16H,2-3,12,14-15,17H2,1H3,(H,29,33)(H,30,34)(H2,28,36,37). The maximum absolute atomic E-state index is 13.2. The van der Waals surface area contributed by atoms with Crippen LogP contribution in [-0.2, 0) is 32.6 Å². The first kappa shape index (κ1) is 30.2. The second-order valence-corrected chi connectivity index (χ2v) is 12.4. The smallest absolute Gasteiger partial charge is 0.272 e. The van der Waals surface area contributed by atoms with E-state index in [0.717, 1.165) is 17.3 Å². The van der Waals surface area contributed by atoms with Crippen molar-refractivity contribution in [2.75, 3.05) is 24.7 Å². The van der Waals surface area contributed by atoms with Gasteiger partial charge in [0, 0.05) is 25.2 Å². The molecule has 216 valence electrons. The second kappa shape index (κ2) is 13.8. The number of anilines is 1. The van der Waals surface area contributed by atoms with Crippen LogP contribution in [0.25, 0.3) is 10.2 Å². The highest BCUT2D eigenvalue weighted by molar-refractivity contribution is 7.99. The van der Waals surface area contributed by atoms with E-state index in [9.17, 15) is 22.8 Å². The first-order valence-electron chi connectivity index (χ1n) is 12.6. The number of sulfonamides is 1. The third-order valence-corrected chi connectivity index (χ3v) is 8.81. The number of amides is 2. The zero-order valence-electron chi connectivity index (χ0n) is 22.2. The first-order chi connectivity index (χ1) is 19.6. The molecule has 0 spiro atoms. The monoisotopic (exact) mass is 615 g/mol. The molecule has 2 aromatic heterocycles. The molecule has 2 heterocycles. The van der Waals surface area contributed by atoms with E-state index in [0.29, 0.717) is 46.2 Å². The van der Waals surface area contributed by atoms with Gasteiger partial charge in [0.05, 0.1) is 23.3 Å². The molecule has 0 saturated heterocycles. The molecule has 0 aliphatic heterocycles. The molecule has 0 unspecified atom stereocenters. The van der Waals surface area contributed by atoms with E-state index in [4.69, 9.17) is 9.88 Å². The van der Waals surface area contributed by atoms with Crippen LogP contribution in [0.2, 0.25) is 0 Å². The van der Waals surface area contributed by atoms with Crippen molar-refractivity contribution in [1.82, 2.24) is 14.9 Å². The molecule has 0 aliphatic rings. The number of nitrogens with two attached hydrogens (primary N) is 1. The van der Waals surface area contributed by atoms with Gasteiger partial charge in [-0.25, -0.2) is 18.5 Å². The summed E-state index contributed by atoms with van der Waals surface area (Å²) in [5.41, 5.74) is 1.86. The fourth-order valence-electron chi connectivity index (χ4n) is 3.91. The second-order valence-electron chi connectivity index (χ2n) is 8.94. The molecule has 0 saturated carbocycles. The Morgan fingerprint density at radius 2 is 1.80 bits per heavy atom. The van der Waals surface area contributed by atoms with Gasteiger partial charge in [0.2, 0.25) is 21.8 Å². The Morgan fingerprint density at radius 3 is 2.49 bits per heavy atom. The molecule has 0 radical (unpaired) electrons. The summed E-state index contributed by atoms with van der Waals surface area (Å²) < 4.78 is 29.9. The van der Waals surface area contributed by atoms with Gasteiger partial charge in [-0.15, -0.1) is 11.3 Å². The van der Waals surface area contributed by atoms with Crippen LogP contribution >= 0.6 is 23.1 Å². The summed E-state index contributed by atoms with van der Waals surface area (Å²) in [7, 11) is -2.18. The molecule has 4 aromatic rings. The van der Waals surface area contributed by atoms with E-state index in [-0.39, 0.29) is 41.0 Å². The van der Waals surface area contributed by atoms with E-state index < -0.39 is 10.0 Å². The highest BCUT2D eigenvalue weighted by atomic mass is 32.2. The number of carbonyl (C=O) groups excluding carboxylic acids is 2. The fraction of sp³-hybridized carbons (Fsp3) is 0.259. The lowest BCUT2D eigenvalue weighted by molar-refractivity contribution is -0.121. The van der Waals surface area contributed by atoms with Crippen LogP contribution in [0.3, 0.4) is 0 Å². The summed E-state index contributed by atoms with van der Waals surface area (Å²) in [5.74, 6) is 0.315. The van der Waals surface area contributed by atoms with Crippen LogP contribution in [0.4, 0.5) is 5.69 Å². The van der Waals surface area contributed by atoms with E-state index in [1.807, 2.05) is 0 Å². The number of aromatic nitrogens is 2. The van der Waals surface area contributed by atoms with E-state index >= 15 is 0 Å². The lowest BCUT2D eigenvalue weighted by Gasteiger charge is -2.12. The average molecular weight is 616 g/mol. The molecule has 2 amide bonds. The highest BCUT2D eigenvalue weighted by Gasteiger charge is 2.15. The van der Waals surface area contributed by atoms with Crippen LogP contribution in [0, 0.1) is 0 Å². The van der Waals surface area contributed by atoms with Gasteiger partial charge in [-0.2, -0.15) is 0 Å². The quantitative estimate of drug-likeness (QED) is 0.153.